The van der Waals surface area contributed by atoms with Crippen molar-refractivity contribution in [2.24, 2.45) is 0 Å². The second kappa shape index (κ2) is 8.05. The molecule has 2 aromatic carbocycles. The van der Waals surface area contributed by atoms with Gasteiger partial charge in [-0.1, -0.05) is 29.8 Å². The number of rotatable bonds is 3. The summed E-state index contributed by atoms with van der Waals surface area (Å²) in [6, 6.07) is 9.06. The van der Waals surface area contributed by atoms with Crippen LogP contribution in [-0.2, 0) is 17.4 Å². The van der Waals surface area contributed by atoms with E-state index in [2.05, 4.69) is 10.3 Å². The number of hydrogen-bond acceptors (Lipinski definition) is 3. The molecule has 10 heteroatoms. The smallest absolute Gasteiger partial charge is 0.322 e. The van der Waals surface area contributed by atoms with E-state index in [9.17, 15) is 26.7 Å². The van der Waals surface area contributed by atoms with Crippen molar-refractivity contribution < 1.29 is 26.7 Å². The molecule has 0 fully saturated rings. The van der Waals surface area contributed by atoms with Gasteiger partial charge in [-0.3, -0.25) is 4.79 Å². The highest BCUT2D eigenvalue weighted by molar-refractivity contribution is 6.31. The number of amides is 1. The summed E-state index contributed by atoms with van der Waals surface area (Å²) >= 11 is 5.68. The summed E-state index contributed by atoms with van der Waals surface area (Å²) in [6.07, 6.45) is -4.46. The van der Waals surface area contributed by atoms with E-state index in [-0.39, 0.29) is 28.6 Å². The van der Waals surface area contributed by atoms with E-state index in [4.69, 9.17) is 11.6 Å². The Morgan fingerprint density at radius 2 is 1.84 bits per heavy atom. The van der Waals surface area contributed by atoms with Gasteiger partial charge < -0.3 is 10.2 Å². The minimum atomic E-state index is -4.60. The molecule has 1 amide bonds. The van der Waals surface area contributed by atoms with E-state index < -0.39 is 35.3 Å². The second-order valence-electron chi connectivity index (χ2n) is 7.31. The van der Waals surface area contributed by atoms with E-state index in [1.54, 1.807) is 24.3 Å². The van der Waals surface area contributed by atoms with Crippen LogP contribution in [0.25, 0.3) is 0 Å². The fourth-order valence-electron chi connectivity index (χ4n) is 3.65. The number of para-hydroxylation sites is 1. The zero-order valence-electron chi connectivity index (χ0n) is 16.5. The molecular weight excluding hydrogens is 453 g/mol. The van der Waals surface area contributed by atoms with Crippen molar-refractivity contribution in [1.82, 2.24) is 4.98 Å². The molecule has 0 unspecified atom stereocenters. The number of aryl methyl sites for hydroxylation is 1. The SMILES string of the molecule is Cc1cc(C(F)(F)F)cc(N2c3ccccc3C[C@H]2C(=O)Nc2cc(Cl)c(F)cc2F)n1. The molecule has 1 atom stereocenters. The average Bonchev–Trinajstić information content (AvgIpc) is 3.10. The highest BCUT2D eigenvalue weighted by Crippen LogP contribution is 2.40. The largest absolute Gasteiger partial charge is 0.416 e. The molecule has 1 aromatic heterocycles. The molecule has 32 heavy (non-hydrogen) atoms. The molecule has 4 rings (SSSR count). The number of nitrogens with zero attached hydrogens (tertiary/aromatic N) is 2. The minimum absolute atomic E-state index is 0.0694. The summed E-state index contributed by atoms with van der Waals surface area (Å²) in [7, 11) is 0. The zero-order chi connectivity index (χ0) is 23.2. The van der Waals surface area contributed by atoms with E-state index in [0.29, 0.717) is 17.3 Å². The lowest BCUT2D eigenvalue weighted by molar-refractivity contribution is -0.137. The lowest BCUT2D eigenvalue weighted by Crippen LogP contribution is -2.40. The van der Waals surface area contributed by atoms with Crippen molar-refractivity contribution in [2.45, 2.75) is 25.6 Å². The summed E-state index contributed by atoms with van der Waals surface area (Å²) < 4.78 is 67.7. The first-order valence-corrected chi connectivity index (χ1v) is 9.81. The normalized spacial score (nSPS) is 15.6. The number of carbonyl (C=O) groups is 1. The number of halogens is 6. The Kier molecular flexibility index (Phi) is 5.54. The minimum Gasteiger partial charge on any atom is -0.322 e. The summed E-state index contributed by atoms with van der Waals surface area (Å²) in [5, 5.41) is 1.97. The van der Waals surface area contributed by atoms with Gasteiger partial charge in [0.15, 0.2) is 0 Å². The fraction of sp³-hybridized carbons (Fsp3) is 0.182. The van der Waals surface area contributed by atoms with Crippen LogP contribution in [0.15, 0.2) is 48.5 Å². The first kappa shape index (κ1) is 22.0. The van der Waals surface area contributed by atoms with Gasteiger partial charge in [0.25, 0.3) is 0 Å². The summed E-state index contributed by atoms with van der Waals surface area (Å²) in [4.78, 5) is 18.7. The number of fused-ring (bicyclic) bond motifs is 1. The van der Waals surface area contributed by atoms with E-state index in [0.717, 1.165) is 18.2 Å². The van der Waals surface area contributed by atoms with Crippen molar-refractivity contribution in [3.63, 3.8) is 0 Å². The Morgan fingerprint density at radius 3 is 2.56 bits per heavy atom. The number of nitrogens with one attached hydrogen (secondary N) is 1. The molecule has 0 spiro atoms. The number of carbonyl (C=O) groups excluding carboxylic acids is 1. The van der Waals surface area contributed by atoms with E-state index >= 15 is 0 Å². The van der Waals surface area contributed by atoms with Crippen molar-refractivity contribution in [3.8, 4) is 0 Å². The Morgan fingerprint density at radius 1 is 1.12 bits per heavy atom. The average molecular weight is 468 g/mol. The molecule has 0 aliphatic carbocycles. The molecule has 1 N–H and O–H groups in total. The van der Waals surface area contributed by atoms with Gasteiger partial charge in [0, 0.05) is 23.9 Å². The first-order chi connectivity index (χ1) is 15.0. The monoisotopic (exact) mass is 467 g/mol. The Bertz CT molecular complexity index is 1210. The predicted molar refractivity (Wildman–Crippen MR) is 110 cm³/mol. The maximum Gasteiger partial charge on any atom is 0.416 e. The third-order valence-electron chi connectivity index (χ3n) is 5.06. The van der Waals surface area contributed by atoms with Crippen molar-refractivity contribution in [1.29, 1.82) is 0 Å². The molecular formula is C22H15ClF5N3O. The lowest BCUT2D eigenvalue weighted by atomic mass is 10.1. The van der Waals surface area contributed by atoms with Crippen LogP contribution in [0, 0.1) is 18.6 Å². The first-order valence-electron chi connectivity index (χ1n) is 9.43. The third kappa shape index (κ3) is 4.12. The number of aromatic nitrogens is 1. The van der Waals surface area contributed by atoms with Crippen LogP contribution in [0.4, 0.5) is 39.1 Å². The highest BCUT2D eigenvalue weighted by Gasteiger charge is 2.38. The second-order valence-corrected chi connectivity index (χ2v) is 7.71. The van der Waals surface area contributed by atoms with Crippen molar-refractivity contribution >= 4 is 34.7 Å². The van der Waals surface area contributed by atoms with Gasteiger partial charge in [0.05, 0.1) is 16.3 Å². The number of alkyl halides is 3. The van der Waals surface area contributed by atoms with Crippen molar-refractivity contribution in [3.05, 3.63) is 82.0 Å². The molecule has 0 saturated heterocycles. The van der Waals surface area contributed by atoms with Crippen LogP contribution < -0.4 is 10.2 Å². The van der Waals surface area contributed by atoms with Gasteiger partial charge in [-0.25, -0.2) is 13.8 Å². The molecule has 0 radical (unpaired) electrons. The molecule has 0 bridgehead atoms. The molecule has 2 heterocycles. The molecule has 166 valence electrons. The van der Waals surface area contributed by atoms with Crippen LogP contribution in [0.5, 0.6) is 0 Å². The number of benzene rings is 2. The fourth-order valence-corrected chi connectivity index (χ4v) is 3.82. The third-order valence-corrected chi connectivity index (χ3v) is 5.35. The lowest BCUT2D eigenvalue weighted by Gasteiger charge is -2.27. The highest BCUT2D eigenvalue weighted by atomic mass is 35.5. The van der Waals surface area contributed by atoms with Gasteiger partial charge in [-0.05, 0) is 36.8 Å². The Labute approximate surface area is 184 Å². The van der Waals surface area contributed by atoms with Crippen LogP contribution >= 0.6 is 11.6 Å². The molecule has 1 aliphatic rings. The molecule has 1 aliphatic heterocycles. The summed E-state index contributed by atoms with van der Waals surface area (Å²) in [6.45, 7) is 1.42. The predicted octanol–water partition coefficient (Wildman–Crippen LogP) is 6.04. The van der Waals surface area contributed by atoms with Gasteiger partial charge in [0.1, 0.15) is 23.5 Å². The Balaban J connectivity index is 1.75. The number of hydrogen-bond donors (Lipinski definition) is 1. The Hall–Kier alpha value is -3.20. The number of pyridine rings is 1. The van der Waals surface area contributed by atoms with Crippen LogP contribution in [0.1, 0.15) is 16.8 Å². The van der Waals surface area contributed by atoms with Gasteiger partial charge >= 0.3 is 6.18 Å². The van der Waals surface area contributed by atoms with E-state index in [1.807, 2.05) is 0 Å². The maximum atomic E-state index is 14.1. The van der Waals surface area contributed by atoms with E-state index in [1.165, 1.54) is 11.8 Å². The molecule has 0 saturated carbocycles. The topological polar surface area (TPSA) is 45.2 Å². The van der Waals surface area contributed by atoms with Gasteiger partial charge in [-0.2, -0.15) is 13.2 Å². The van der Waals surface area contributed by atoms with Gasteiger partial charge in [0.2, 0.25) is 5.91 Å². The van der Waals surface area contributed by atoms with Crippen LogP contribution in [-0.4, -0.2) is 16.9 Å². The zero-order valence-corrected chi connectivity index (χ0v) is 17.2. The molecule has 4 nitrogen and oxygen atoms in total. The maximum absolute atomic E-state index is 14.1. The number of anilines is 3. The van der Waals surface area contributed by atoms with Crippen LogP contribution in [0.3, 0.4) is 0 Å². The summed E-state index contributed by atoms with van der Waals surface area (Å²) in [5.74, 6) is -2.80. The summed E-state index contributed by atoms with van der Waals surface area (Å²) in [5.41, 5.74) is 0.0960. The van der Waals surface area contributed by atoms with Gasteiger partial charge in [-0.15, -0.1) is 0 Å². The molecule has 3 aromatic rings. The standard InChI is InChI=1S/C22H15ClF5N3O/c1-11-6-13(22(26,27)28)8-20(29-11)31-18-5-3-2-4-12(18)7-19(31)21(32)30-17-9-14(23)15(24)10-16(17)25/h2-6,8-10,19H,7H2,1H3,(H,30,32)/t19-/m0/s1. The van der Waals surface area contributed by atoms with Crippen LogP contribution in [0.2, 0.25) is 5.02 Å². The quantitative estimate of drug-likeness (QED) is 0.377. The van der Waals surface area contributed by atoms with Crippen molar-refractivity contribution in [2.75, 3.05) is 10.2 Å².